The summed E-state index contributed by atoms with van der Waals surface area (Å²) in [5.74, 6) is -2.79. The van der Waals surface area contributed by atoms with Crippen molar-refractivity contribution in [1.29, 1.82) is 0 Å². The number of fused-ring (bicyclic) bond motifs is 2. The number of methoxy groups -OCH3 is 1. The van der Waals surface area contributed by atoms with Crippen molar-refractivity contribution in [2.75, 3.05) is 20.2 Å². The highest BCUT2D eigenvalue weighted by Crippen LogP contribution is 2.65. The lowest BCUT2D eigenvalue weighted by Gasteiger charge is -2.64. The van der Waals surface area contributed by atoms with Crippen LogP contribution >= 0.6 is 0 Å². The smallest absolute Gasteiger partial charge is 0.481 e. The van der Waals surface area contributed by atoms with Crippen molar-refractivity contribution >= 4 is 42.6 Å². The first kappa shape index (κ1) is 52.1. The number of amides is 6. The van der Waals surface area contributed by atoms with E-state index in [9.17, 15) is 28.8 Å². The highest BCUT2D eigenvalue weighted by atomic mass is 16.7. The number of rotatable bonds is 16. The lowest BCUT2D eigenvalue weighted by Crippen LogP contribution is -2.65. The molecule has 4 fully saturated rings. The maximum Gasteiger partial charge on any atom is 0.481 e. The molecule has 17 heteroatoms. The Morgan fingerprint density at radius 1 is 0.900 bits per heavy atom. The zero-order valence-electron chi connectivity index (χ0n) is 41.8. The van der Waals surface area contributed by atoms with Crippen LogP contribution in [0.1, 0.15) is 126 Å². The molecule has 1 saturated heterocycles. The van der Waals surface area contributed by atoms with Crippen LogP contribution in [-0.2, 0) is 46.1 Å². The van der Waals surface area contributed by atoms with Crippen molar-refractivity contribution in [2.45, 2.75) is 148 Å². The Bertz CT molecular complexity index is 2380. The van der Waals surface area contributed by atoms with Crippen molar-refractivity contribution < 1.29 is 42.8 Å². The Hall–Kier alpha value is -5.78. The second kappa shape index (κ2) is 22.5. The quantitative estimate of drug-likeness (QED) is 0.0779. The van der Waals surface area contributed by atoms with Gasteiger partial charge in [0.15, 0.2) is 0 Å². The molecule has 4 bridgehead atoms. The van der Waals surface area contributed by atoms with Crippen molar-refractivity contribution in [3.8, 4) is 16.9 Å². The number of carbonyl (C=O) groups is 6. The van der Waals surface area contributed by atoms with Crippen LogP contribution in [0.2, 0.25) is 0 Å². The molecule has 0 radical (unpaired) electrons. The first-order valence-corrected chi connectivity index (χ1v) is 25.1. The molecule has 2 aliphatic heterocycles. The van der Waals surface area contributed by atoms with Crippen LogP contribution in [0, 0.1) is 17.3 Å². The van der Waals surface area contributed by atoms with Gasteiger partial charge in [0.1, 0.15) is 29.9 Å². The molecule has 8 rings (SSSR count). The molecule has 376 valence electrons. The van der Waals surface area contributed by atoms with Crippen LogP contribution in [-0.4, -0.2) is 98.5 Å². The number of ether oxygens (including phenoxy) is 1. The molecule has 1 unspecified atom stereocenters. The molecular formula is C53H72BN7O9. The van der Waals surface area contributed by atoms with Gasteiger partial charge >= 0.3 is 7.12 Å². The first-order chi connectivity index (χ1) is 33.4. The number of aryl methyl sites for hydroxylation is 2. The van der Waals surface area contributed by atoms with Crippen LogP contribution in [0.5, 0.6) is 5.75 Å². The van der Waals surface area contributed by atoms with E-state index in [1.807, 2.05) is 12.1 Å². The maximum absolute atomic E-state index is 14.4. The molecule has 9 atom stereocenters. The summed E-state index contributed by atoms with van der Waals surface area (Å²) < 4.78 is 18.6. The number of unbranched alkanes of at least 4 members (excludes halogenated alkanes) is 2. The predicted molar refractivity (Wildman–Crippen MR) is 267 cm³/mol. The van der Waals surface area contributed by atoms with Crippen LogP contribution in [0.3, 0.4) is 0 Å². The molecule has 3 aromatic carbocycles. The zero-order valence-corrected chi connectivity index (χ0v) is 41.8. The molecule has 3 saturated carbocycles. The number of nitrogens with two attached hydrogens (primary N) is 1. The van der Waals surface area contributed by atoms with Gasteiger partial charge in [0.05, 0.1) is 24.8 Å². The molecule has 3 aromatic rings. The number of nitrogens with one attached hydrogen (secondary N) is 6. The highest BCUT2D eigenvalue weighted by molar-refractivity contribution is 6.47. The monoisotopic (exact) mass is 962 g/mol. The summed E-state index contributed by atoms with van der Waals surface area (Å²) in [5.41, 5.74) is 9.98. The highest BCUT2D eigenvalue weighted by Gasteiger charge is 2.68. The fourth-order valence-electron chi connectivity index (χ4n) is 10.7. The lowest BCUT2D eigenvalue weighted by atomic mass is 9.43. The molecular weight excluding hydrogens is 889 g/mol. The van der Waals surface area contributed by atoms with Gasteiger partial charge in [0, 0.05) is 18.5 Å². The zero-order chi connectivity index (χ0) is 50.3. The molecule has 70 heavy (non-hydrogen) atoms. The predicted octanol–water partition coefficient (Wildman–Crippen LogP) is 4.61. The fraction of sp³-hybridized carbons (Fsp3) is 0.547. The summed E-state index contributed by atoms with van der Waals surface area (Å²) >= 11 is 0. The Kier molecular flexibility index (Phi) is 16.8. The molecule has 3 aliphatic carbocycles. The van der Waals surface area contributed by atoms with E-state index >= 15 is 0 Å². The van der Waals surface area contributed by atoms with E-state index < -0.39 is 78.3 Å². The fourth-order valence-corrected chi connectivity index (χ4v) is 10.7. The van der Waals surface area contributed by atoms with Crippen LogP contribution < -0.4 is 42.4 Å². The minimum Gasteiger partial charge on any atom is -0.496 e. The number of benzene rings is 3. The van der Waals surface area contributed by atoms with E-state index in [0.29, 0.717) is 53.7 Å². The maximum atomic E-state index is 14.4. The standard InChI is InChI=1S/C53H72BN7O9/c1-8-9-12-33-14-16-34(17-15-33)35-18-20-36(21-19-35)48(64)59-40(13-10-11-26-55)49(65)61-46-38-22-24-42(68-7)37(27-38)23-25-45(62)56-30-41(60-47(63)31(2)57-51(46)67)50(66)58-32(3)54-69-44-29-39-28-43(52(39,4)5)53(44,6)70-54/h14-22,24,27,31-32,39-41,43-44,46H,8-13,23,25-26,28-30,55H2,1-7H3,(H,56,62)(H,57,67)(H,58,66)(H,59,64)(H,60,63)(H,61,65)/t31-,32-,39-,40-,41-,43-,44?,46-,53-/m0/s1. The number of hydrogen-bond donors (Lipinski definition) is 7. The molecule has 0 aromatic heterocycles. The van der Waals surface area contributed by atoms with Gasteiger partial charge in [-0.3, -0.25) is 28.8 Å². The molecule has 0 spiro atoms. The van der Waals surface area contributed by atoms with Crippen molar-refractivity contribution in [2.24, 2.45) is 23.0 Å². The van der Waals surface area contributed by atoms with Gasteiger partial charge in [-0.15, -0.1) is 0 Å². The van der Waals surface area contributed by atoms with E-state index in [2.05, 4.69) is 83.9 Å². The normalized spacial score (nSPS) is 26.1. The van der Waals surface area contributed by atoms with Crippen molar-refractivity contribution in [1.82, 2.24) is 31.9 Å². The van der Waals surface area contributed by atoms with Crippen molar-refractivity contribution in [3.63, 3.8) is 0 Å². The molecule has 16 nitrogen and oxygen atoms in total. The van der Waals surface area contributed by atoms with Gasteiger partial charge in [-0.1, -0.05) is 69.7 Å². The SMILES string of the molecule is CCCCc1ccc(-c2ccc(C(=O)N[C@@H](CCCCN)C(=O)N[C@@H]3C(=O)N[C@@H](C)C(=O)N[C@H](C(=O)N[C@@H](C)B4OC5C[C@@H]6C[C@@H](C6(C)C)[C@]5(C)O4)CNC(=O)CCc4cc3ccc4OC)cc2)cc1. The molecule has 8 N–H and O–H groups in total. The van der Waals surface area contributed by atoms with Crippen molar-refractivity contribution in [3.05, 3.63) is 89.0 Å². The largest absolute Gasteiger partial charge is 0.496 e. The van der Waals surface area contributed by atoms with Gasteiger partial charge in [-0.25, -0.2) is 0 Å². The third-order valence-electron chi connectivity index (χ3n) is 15.3. The Labute approximate surface area is 412 Å². The summed E-state index contributed by atoms with van der Waals surface area (Å²) in [6.07, 6.45) is 6.61. The third kappa shape index (κ3) is 11.7. The molecule has 5 aliphatic rings. The Morgan fingerprint density at radius 3 is 2.29 bits per heavy atom. The first-order valence-electron chi connectivity index (χ1n) is 25.1. The number of hydrogen-bond acceptors (Lipinski definition) is 10. The van der Waals surface area contributed by atoms with E-state index in [0.717, 1.165) is 43.2 Å². The second-order valence-electron chi connectivity index (χ2n) is 20.4. The summed E-state index contributed by atoms with van der Waals surface area (Å²) in [5, 5.41) is 16.9. The average Bonchev–Trinajstić information content (AvgIpc) is 3.72. The van der Waals surface area contributed by atoms with Gasteiger partial charge in [-0.2, -0.15) is 0 Å². The minimum atomic E-state index is -1.36. The van der Waals surface area contributed by atoms with E-state index in [4.69, 9.17) is 19.8 Å². The number of carbonyl (C=O) groups excluding carboxylic acids is 6. The van der Waals surface area contributed by atoms with Gasteiger partial charge < -0.3 is 51.7 Å². The second-order valence-corrected chi connectivity index (χ2v) is 20.4. The lowest BCUT2D eigenvalue weighted by molar-refractivity contribution is -0.199. The van der Waals surface area contributed by atoms with E-state index in [1.54, 1.807) is 37.3 Å². The molecule has 2 heterocycles. The topological polar surface area (TPSA) is 228 Å². The average molecular weight is 962 g/mol. The van der Waals surface area contributed by atoms with Gasteiger partial charge in [-0.05, 0) is 148 Å². The van der Waals surface area contributed by atoms with Gasteiger partial charge in [0.2, 0.25) is 29.5 Å². The minimum absolute atomic E-state index is 0.0259. The molecule has 6 amide bonds. The summed E-state index contributed by atoms with van der Waals surface area (Å²) in [6.45, 7) is 12.2. The van der Waals surface area contributed by atoms with Gasteiger partial charge in [0.25, 0.3) is 5.91 Å². The summed E-state index contributed by atoms with van der Waals surface area (Å²) in [6, 6.07) is 15.6. The Morgan fingerprint density at radius 2 is 1.61 bits per heavy atom. The third-order valence-corrected chi connectivity index (χ3v) is 15.3. The van der Waals surface area contributed by atoms with E-state index in [1.165, 1.54) is 19.6 Å². The Balaban J connectivity index is 1.06. The summed E-state index contributed by atoms with van der Waals surface area (Å²) in [4.78, 5) is 83.8. The van der Waals surface area contributed by atoms with Crippen LogP contribution in [0.15, 0.2) is 66.7 Å². The summed E-state index contributed by atoms with van der Waals surface area (Å²) in [7, 11) is 0.768. The van der Waals surface area contributed by atoms with Crippen LogP contribution in [0.4, 0.5) is 0 Å². The van der Waals surface area contributed by atoms with Crippen LogP contribution in [0.25, 0.3) is 11.1 Å². The van der Waals surface area contributed by atoms with E-state index in [-0.39, 0.29) is 37.3 Å².